The molecule has 0 spiro atoms. The Morgan fingerprint density at radius 2 is 1.76 bits per heavy atom. The van der Waals surface area contributed by atoms with Gasteiger partial charge < -0.3 is 15.2 Å². The summed E-state index contributed by atoms with van der Waals surface area (Å²) in [5.41, 5.74) is 7.61. The van der Waals surface area contributed by atoms with E-state index in [0.717, 1.165) is 24.8 Å². The maximum atomic E-state index is 13.3. The van der Waals surface area contributed by atoms with Crippen LogP contribution in [0.5, 0.6) is 11.5 Å². The molecule has 7 heteroatoms. The summed E-state index contributed by atoms with van der Waals surface area (Å²) in [6, 6.07) is 9.90. The molecule has 2 N–H and O–H groups in total. The summed E-state index contributed by atoms with van der Waals surface area (Å²) in [5.74, 6) is 1.19. The van der Waals surface area contributed by atoms with Crippen molar-refractivity contribution in [2.45, 2.75) is 24.2 Å². The van der Waals surface area contributed by atoms with Gasteiger partial charge in [0.15, 0.2) is 0 Å². The quantitative estimate of drug-likeness (QED) is 0.846. The van der Waals surface area contributed by atoms with Crippen LogP contribution in [0.3, 0.4) is 0 Å². The molecule has 25 heavy (non-hydrogen) atoms. The van der Waals surface area contributed by atoms with E-state index in [1.807, 2.05) is 6.07 Å². The van der Waals surface area contributed by atoms with Gasteiger partial charge in [0.25, 0.3) is 10.0 Å². The fourth-order valence-corrected chi connectivity index (χ4v) is 4.78. The van der Waals surface area contributed by atoms with Gasteiger partial charge in [-0.15, -0.1) is 0 Å². The van der Waals surface area contributed by atoms with Crippen LogP contribution in [0.1, 0.15) is 18.4 Å². The molecule has 0 atom stereocenters. The minimum absolute atomic E-state index is 0.172. The van der Waals surface area contributed by atoms with Gasteiger partial charge in [-0.25, -0.2) is 8.42 Å². The first-order valence-corrected chi connectivity index (χ1v) is 9.55. The zero-order valence-corrected chi connectivity index (χ0v) is 15.2. The second-order valence-electron chi connectivity index (χ2n) is 5.90. The lowest BCUT2D eigenvalue weighted by atomic mass is 10.1. The number of anilines is 2. The molecular formula is C18H22N2O4S. The van der Waals surface area contributed by atoms with Crippen molar-refractivity contribution >= 4 is 21.4 Å². The minimum Gasteiger partial charge on any atom is -0.496 e. The lowest BCUT2D eigenvalue weighted by molar-refractivity contribution is 0.400. The van der Waals surface area contributed by atoms with E-state index in [0.29, 0.717) is 29.4 Å². The average molecular weight is 362 g/mol. The van der Waals surface area contributed by atoms with Crippen molar-refractivity contribution in [2.75, 3.05) is 30.8 Å². The average Bonchev–Trinajstić information content (AvgIpc) is 2.84. The number of fused-ring (bicyclic) bond motifs is 1. The Morgan fingerprint density at radius 3 is 2.44 bits per heavy atom. The molecular weight excluding hydrogens is 340 g/mol. The number of hydrogen-bond donors (Lipinski definition) is 1. The highest BCUT2D eigenvalue weighted by Crippen LogP contribution is 2.43. The number of methoxy groups -OCH3 is 2. The highest BCUT2D eigenvalue weighted by Gasteiger charge is 2.32. The highest BCUT2D eigenvalue weighted by atomic mass is 32.2. The molecule has 2 aromatic carbocycles. The Hall–Kier alpha value is -2.41. The molecule has 0 saturated carbocycles. The zero-order chi connectivity index (χ0) is 18.0. The molecule has 134 valence electrons. The van der Waals surface area contributed by atoms with Gasteiger partial charge >= 0.3 is 0 Å². The van der Waals surface area contributed by atoms with Crippen LogP contribution in [-0.2, 0) is 16.4 Å². The number of rotatable bonds is 4. The van der Waals surface area contributed by atoms with Crippen LogP contribution >= 0.6 is 0 Å². The molecule has 1 heterocycles. The third kappa shape index (κ3) is 3.11. The van der Waals surface area contributed by atoms with Crippen molar-refractivity contribution in [3.63, 3.8) is 0 Å². The van der Waals surface area contributed by atoms with Gasteiger partial charge in [0.1, 0.15) is 17.2 Å². The predicted molar refractivity (Wildman–Crippen MR) is 97.9 cm³/mol. The van der Waals surface area contributed by atoms with E-state index in [1.165, 1.54) is 17.5 Å². The van der Waals surface area contributed by atoms with Crippen LogP contribution < -0.4 is 19.5 Å². The largest absolute Gasteiger partial charge is 0.496 e. The molecule has 0 radical (unpaired) electrons. The number of hydrogen-bond acceptors (Lipinski definition) is 5. The summed E-state index contributed by atoms with van der Waals surface area (Å²) in [4.78, 5) is 0.172. The molecule has 6 nitrogen and oxygen atoms in total. The highest BCUT2D eigenvalue weighted by molar-refractivity contribution is 7.92. The predicted octanol–water partition coefficient (Wildman–Crippen LogP) is 2.82. The van der Waals surface area contributed by atoms with E-state index in [-0.39, 0.29) is 4.90 Å². The summed E-state index contributed by atoms with van der Waals surface area (Å²) < 4.78 is 38.9. The third-order valence-electron chi connectivity index (χ3n) is 4.38. The van der Waals surface area contributed by atoms with Crippen LogP contribution in [0.2, 0.25) is 0 Å². The maximum absolute atomic E-state index is 13.3. The number of nitrogens with two attached hydrogens (primary N) is 1. The van der Waals surface area contributed by atoms with E-state index in [2.05, 4.69) is 0 Å². The van der Waals surface area contributed by atoms with Gasteiger partial charge in [-0.05, 0) is 49.6 Å². The monoisotopic (exact) mass is 362 g/mol. The summed E-state index contributed by atoms with van der Waals surface area (Å²) >= 11 is 0. The third-order valence-corrected chi connectivity index (χ3v) is 6.17. The summed E-state index contributed by atoms with van der Waals surface area (Å²) in [6.45, 7) is 0.383. The Balaban J connectivity index is 2.22. The second kappa shape index (κ2) is 6.84. The number of nitrogens with zero attached hydrogens (tertiary/aromatic N) is 1. The fourth-order valence-electron chi connectivity index (χ4n) is 3.18. The van der Waals surface area contributed by atoms with Crippen LogP contribution in [0.15, 0.2) is 41.3 Å². The van der Waals surface area contributed by atoms with Crippen LogP contribution in [0, 0.1) is 0 Å². The van der Waals surface area contributed by atoms with E-state index in [4.69, 9.17) is 15.2 Å². The first kappa shape index (κ1) is 17.4. The summed E-state index contributed by atoms with van der Waals surface area (Å²) in [5, 5.41) is 0. The summed E-state index contributed by atoms with van der Waals surface area (Å²) in [7, 11) is -0.634. The van der Waals surface area contributed by atoms with Crippen LogP contribution in [0.25, 0.3) is 0 Å². The van der Waals surface area contributed by atoms with Gasteiger partial charge in [-0.3, -0.25) is 4.31 Å². The van der Waals surface area contributed by atoms with Crippen LogP contribution in [-0.4, -0.2) is 29.2 Å². The number of nitrogen functional groups attached to an aromatic ring is 1. The SMILES string of the molecule is COc1ccc(OC)c2c1CCCCN2S(=O)(=O)c1cccc(N)c1. The molecule has 0 fully saturated rings. The molecule has 3 rings (SSSR count). The van der Waals surface area contributed by atoms with Crippen molar-refractivity contribution in [3.8, 4) is 11.5 Å². The molecule has 0 amide bonds. The van der Waals surface area contributed by atoms with Gasteiger partial charge in [0.2, 0.25) is 0 Å². The minimum atomic E-state index is -3.76. The Morgan fingerprint density at radius 1 is 1.04 bits per heavy atom. The second-order valence-corrected chi connectivity index (χ2v) is 7.77. The smallest absolute Gasteiger partial charge is 0.264 e. The molecule has 0 unspecified atom stereocenters. The van der Waals surface area contributed by atoms with Crippen molar-refractivity contribution < 1.29 is 17.9 Å². The van der Waals surface area contributed by atoms with E-state index in [1.54, 1.807) is 31.4 Å². The lowest BCUT2D eigenvalue weighted by Crippen LogP contribution is -2.32. The zero-order valence-electron chi connectivity index (χ0n) is 14.4. The Bertz CT molecular complexity index is 881. The first-order chi connectivity index (χ1) is 12.0. The normalized spacial score (nSPS) is 14.6. The van der Waals surface area contributed by atoms with Gasteiger partial charge in [0.05, 0.1) is 19.1 Å². The fraction of sp³-hybridized carbons (Fsp3) is 0.333. The van der Waals surface area contributed by atoms with E-state index in [9.17, 15) is 8.42 Å². The van der Waals surface area contributed by atoms with Gasteiger partial charge in [0, 0.05) is 17.8 Å². The number of benzene rings is 2. The van der Waals surface area contributed by atoms with E-state index >= 15 is 0 Å². The number of ether oxygens (including phenoxy) is 2. The maximum Gasteiger partial charge on any atom is 0.264 e. The summed E-state index contributed by atoms with van der Waals surface area (Å²) in [6.07, 6.45) is 2.36. The topological polar surface area (TPSA) is 81.9 Å². The molecule has 0 bridgehead atoms. The molecule has 0 aromatic heterocycles. The van der Waals surface area contributed by atoms with Crippen molar-refractivity contribution in [1.29, 1.82) is 0 Å². The van der Waals surface area contributed by atoms with Crippen molar-refractivity contribution in [1.82, 2.24) is 0 Å². The molecule has 0 saturated heterocycles. The molecule has 1 aliphatic rings. The van der Waals surface area contributed by atoms with Gasteiger partial charge in [-0.2, -0.15) is 0 Å². The van der Waals surface area contributed by atoms with E-state index < -0.39 is 10.0 Å². The van der Waals surface area contributed by atoms with Gasteiger partial charge in [-0.1, -0.05) is 6.07 Å². The number of sulfonamides is 1. The van der Waals surface area contributed by atoms with Crippen LogP contribution in [0.4, 0.5) is 11.4 Å². The molecule has 0 aliphatic carbocycles. The van der Waals surface area contributed by atoms with Crippen molar-refractivity contribution in [3.05, 3.63) is 42.0 Å². The standard InChI is InChI=1S/C18H22N2O4S/c1-23-16-9-10-17(24-2)18-15(16)8-3-4-11-20(18)25(21,22)14-7-5-6-13(19)12-14/h5-7,9-10,12H,3-4,8,11,19H2,1-2H3. The molecule has 1 aliphatic heterocycles. The Labute approximate surface area is 148 Å². The first-order valence-electron chi connectivity index (χ1n) is 8.11. The lowest BCUT2D eigenvalue weighted by Gasteiger charge is -2.27. The molecule has 2 aromatic rings. The Kier molecular flexibility index (Phi) is 4.76. The van der Waals surface area contributed by atoms with Crippen molar-refractivity contribution in [2.24, 2.45) is 0 Å².